The fraction of sp³-hybridized carbons (Fsp3) is 0.167. The first-order valence-corrected chi connectivity index (χ1v) is 12.9. The molecule has 0 bridgehead atoms. The molecule has 0 amide bonds. The van der Waals surface area contributed by atoms with Crippen molar-refractivity contribution >= 4 is 29.5 Å². The molecule has 0 spiro atoms. The molecule has 1 fully saturated rings. The molecule has 5 rings (SSSR count). The van der Waals surface area contributed by atoms with Gasteiger partial charge in [-0.2, -0.15) is 4.98 Å². The van der Waals surface area contributed by atoms with Crippen molar-refractivity contribution in [2.75, 3.05) is 6.61 Å². The molecule has 1 aliphatic heterocycles. The molecule has 0 aliphatic carbocycles. The fourth-order valence-corrected chi connectivity index (χ4v) is 4.50. The molecule has 0 unspecified atom stereocenters. The number of halogens is 1. The van der Waals surface area contributed by atoms with Gasteiger partial charge < -0.3 is 18.9 Å². The average molecular weight is 575 g/mol. The lowest BCUT2D eigenvalue weighted by molar-refractivity contribution is -0.0625. The van der Waals surface area contributed by atoms with E-state index in [1.54, 1.807) is 91.0 Å². The van der Waals surface area contributed by atoms with Crippen molar-refractivity contribution in [2.24, 2.45) is 0 Å². The van der Waals surface area contributed by atoms with Gasteiger partial charge in [-0.25, -0.2) is 14.4 Å². The van der Waals surface area contributed by atoms with Crippen LogP contribution in [0.2, 0.25) is 5.28 Å². The van der Waals surface area contributed by atoms with Gasteiger partial charge in [-0.05, 0) is 48.0 Å². The Morgan fingerprint density at radius 2 is 1.22 bits per heavy atom. The standard InChI is InChI=1S/C30H23ClN2O8/c31-30-32-23(34)16-17-33(30)26-25(41-29(37)21-14-8-3-9-15-21)24(40-28(36)20-12-6-2-7-13-20)22(39-26)18-38-27(35)19-10-4-1-5-11-19/h1-17,22,24-26H,18H2/t22-,24-,25-,26-/m1/s1. The van der Waals surface area contributed by atoms with E-state index in [1.807, 2.05) is 0 Å². The lowest BCUT2D eigenvalue weighted by Gasteiger charge is -2.25. The predicted molar refractivity (Wildman–Crippen MR) is 145 cm³/mol. The number of ether oxygens (including phenoxy) is 4. The van der Waals surface area contributed by atoms with Crippen LogP contribution < -0.4 is 5.56 Å². The highest BCUT2D eigenvalue weighted by atomic mass is 35.5. The summed E-state index contributed by atoms with van der Waals surface area (Å²) in [5.74, 6) is -2.08. The highest BCUT2D eigenvalue weighted by molar-refractivity contribution is 6.28. The largest absolute Gasteiger partial charge is 0.459 e. The minimum absolute atomic E-state index is 0.238. The number of esters is 3. The van der Waals surface area contributed by atoms with E-state index in [9.17, 15) is 19.2 Å². The van der Waals surface area contributed by atoms with Gasteiger partial charge in [0.1, 0.15) is 12.7 Å². The number of hydrogen-bond acceptors (Lipinski definition) is 9. The van der Waals surface area contributed by atoms with Crippen LogP contribution in [-0.2, 0) is 18.9 Å². The van der Waals surface area contributed by atoms with Crippen LogP contribution in [0.15, 0.2) is 108 Å². The predicted octanol–water partition coefficient (Wildman–Crippen LogP) is 4.10. The zero-order chi connectivity index (χ0) is 28.8. The third-order valence-corrected chi connectivity index (χ3v) is 6.53. The van der Waals surface area contributed by atoms with Crippen LogP contribution in [-0.4, -0.2) is 52.4 Å². The monoisotopic (exact) mass is 574 g/mol. The fourth-order valence-electron chi connectivity index (χ4n) is 4.26. The summed E-state index contributed by atoms with van der Waals surface area (Å²) in [6.45, 7) is -0.360. The molecule has 1 aliphatic rings. The summed E-state index contributed by atoms with van der Waals surface area (Å²) < 4.78 is 24.6. The van der Waals surface area contributed by atoms with Crippen molar-refractivity contribution in [3.05, 3.63) is 136 Å². The van der Waals surface area contributed by atoms with Crippen LogP contribution in [0.1, 0.15) is 37.3 Å². The average Bonchev–Trinajstić information content (AvgIpc) is 3.33. The molecule has 41 heavy (non-hydrogen) atoms. The maximum absolute atomic E-state index is 13.2. The molecule has 2 heterocycles. The first-order chi connectivity index (χ1) is 19.9. The van der Waals surface area contributed by atoms with Gasteiger partial charge in [0.25, 0.3) is 5.56 Å². The first kappa shape index (κ1) is 27.8. The highest BCUT2D eigenvalue weighted by Crippen LogP contribution is 2.36. The second-order valence-corrected chi connectivity index (χ2v) is 9.28. The third kappa shape index (κ3) is 6.51. The van der Waals surface area contributed by atoms with Crippen LogP contribution in [0.3, 0.4) is 0 Å². The molecule has 3 aromatic carbocycles. The van der Waals surface area contributed by atoms with Crippen molar-refractivity contribution in [2.45, 2.75) is 24.5 Å². The maximum Gasteiger partial charge on any atom is 0.338 e. The van der Waals surface area contributed by atoms with E-state index in [1.165, 1.54) is 10.8 Å². The molecule has 10 nitrogen and oxygen atoms in total. The number of carbonyl (C=O) groups excluding carboxylic acids is 3. The minimum atomic E-state index is -1.28. The molecular weight excluding hydrogens is 552 g/mol. The first-order valence-electron chi connectivity index (χ1n) is 12.5. The highest BCUT2D eigenvalue weighted by Gasteiger charge is 2.51. The van der Waals surface area contributed by atoms with E-state index in [4.69, 9.17) is 30.5 Å². The van der Waals surface area contributed by atoms with E-state index in [-0.39, 0.29) is 23.0 Å². The smallest absolute Gasteiger partial charge is 0.338 e. The summed E-state index contributed by atoms with van der Waals surface area (Å²) >= 11 is 6.27. The lowest BCUT2D eigenvalue weighted by Crippen LogP contribution is -2.41. The van der Waals surface area contributed by atoms with Crippen LogP contribution in [0.4, 0.5) is 0 Å². The van der Waals surface area contributed by atoms with Crippen LogP contribution >= 0.6 is 11.6 Å². The molecule has 0 N–H and O–H groups in total. The molecule has 0 saturated carbocycles. The van der Waals surface area contributed by atoms with Gasteiger partial charge in [0, 0.05) is 12.3 Å². The van der Waals surface area contributed by atoms with Crippen molar-refractivity contribution in [3.63, 3.8) is 0 Å². The van der Waals surface area contributed by atoms with E-state index in [0.717, 1.165) is 6.07 Å². The Hall–Kier alpha value is -4.80. The molecule has 4 aromatic rings. The number of hydrogen-bond donors (Lipinski definition) is 0. The summed E-state index contributed by atoms with van der Waals surface area (Å²) in [5, 5.41) is -0.252. The third-order valence-electron chi connectivity index (χ3n) is 6.25. The lowest BCUT2D eigenvalue weighted by atomic mass is 10.1. The number of benzene rings is 3. The quantitative estimate of drug-likeness (QED) is 0.174. The van der Waals surface area contributed by atoms with Gasteiger partial charge in [-0.15, -0.1) is 0 Å². The van der Waals surface area contributed by atoms with Crippen molar-refractivity contribution < 1.29 is 33.3 Å². The topological polar surface area (TPSA) is 123 Å². The molecule has 208 valence electrons. The van der Waals surface area contributed by atoms with Crippen molar-refractivity contribution in [1.82, 2.24) is 9.55 Å². The van der Waals surface area contributed by atoms with Gasteiger partial charge >= 0.3 is 17.9 Å². The zero-order valence-corrected chi connectivity index (χ0v) is 22.1. The minimum Gasteiger partial charge on any atom is -0.459 e. The molecule has 1 saturated heterocycles. The van der Waals surface area contributed by atoms with Gasteiger partial charge in [0.15, 0.2) is 18.4 Å². The summed E-state index contributed by atoms with van der Waals surface area (Å²) in [6, 6.07) is 25.9. The maximum atomic E-state index is 13.2. The number of carbonyl (C=O) groups is 3. The number of aromatic nitrogens is 2. The molecule has 11 heteroatoms. The Bertz CT molecular complexity index is 1580. The second-order valence-electron chi connectivity index (χ2n) is 8.94. The van der Waals surface area contributed by atoms with Crippen LogP contribution in [0.5, 0.6) is 0 Å². The van der Waals surface area contributed by atoms with E-state index < -0.39 is 48.0 Å². The number of nitrogens with zero attached hydrogens (tertiary/aromatic N) is 2. The SMILES string of the molecule is O=C(OC[C@H]1O[C@@H](n2ccc(=O)nc2Cl)[C@H](OC(=O)c2ccccc2)[C@@H]1OC(=O)c1ccccc1)c1ccccc1. The van der Waals surface area contributed by atoms with Crippen LogP contribution in [0.25, 0.3) is 0 Å². The van der Waals surface area contributed by atoms with E-state index >= 15 is 0 Å². The summed E-state index contributed by atoms with van der Waals surface area (Å²) in [6.07, 6.45) is -3.50. The Morgan fingerprint density at radius 3 is 1.73 bits per heavy atom. The second kappa shape index (κ2) is 12.6. The van der Waals surface area contributed by atoms with Crippen molar-refractivity contribution in [3.8, 4) is 0 Å². The van der Waals surface area contributed by atoms with Gasteiger partial charge in [0.05, 0.1) is 16.7 Å². The summed E-state index contributed by atoms with van der Waals surface area (Å²) in [5.41, 5.74) is 0.191. The van der Waals surface area contributed by atoms with Gasteiger partial charge in [-0.3, -0.25) is 9.36 Å². The van der Waals surface area contributed by atoms with Crippen LogP contribution in [0, 0.1) is 0 Å². The zero-order valence-electron chi connectivity index (χ0n) is 21.4. The molecule has 0 radical (unpaired) electrons. The molecular formula is C30H23ClN2O8. The van der Waals surface area contributed by atoms with Gasteiger partial charge in [0.2, 0.25) is 5.28 Å². The van der Waals surface area contributed by atoms with E-state index in [0.29, 0.717) is 5.56 Å². The Labute approximate surface area is 239 Å². The molecule has 4 atom stereocenters. The van der Waals surface area contributed by atoms with E-state index in [2.05, 4.69) is 4.98 Å². The molecule has 1 aromatic heterocycles. The normalized spacial score (nSPS) is 19.7. The Balaban J connectivity index is 1.49. The summed E-state index contributed by atoms with van der Waals surface area (Å²) in [7, 11) is 0. The summed E-state index contributed by atoms with van der Waals surface area (Å²) in [4.78, 5) is 54.5. The Morgan fingerprint density at radius 1 is 0.732 bits per heavy atom. The Kier molecular flexibility index (Phi) is 8.52. The van der Waals surface area contributed by atoms with Crippen molar-refractivity contribution in [1.29, 1.82) is 0 Å². The van der Waals surface area contributed by atoms with Gasteiger partial charge in [-0.1, -0.05) is 54.6 Å². The number of rotatable bonds is 8.